The third-order valence-electron chi connectivity index (χ3n) is 5.84. The van der Waals surface area contributed by atoms with Crippen LogP contribution in [0.2, 0.25) is 0 Å². The Labute approximate surface area is 183 Å². The second-order valence-electron chi connectivity index (χ2n) is 8.70. The van der Waals surface area contributed by atoms with Crippen molar-refractivity contribution in [2.24, 2.45) is 11.8 Å². The topological polar surface area (TPSA) is 89.9 Å². The fraction of sp³-hybridized carbons (Fsp3) is 0.480. The molecule has 1 fully saturated rings. The molecule has 168 valence electrons. The number of hydrogen-bond acceptors (Lipinski definition) is 6. The van der Waals surface area contributed by atoms with Gasteiger partial charge in [-0.3, -0.25) is 14.4 Å². The van der Waals surface area contributed by atoms with E-state index >= 15 is 0 Å². The number of hydrogen-bond donors (Lipinski definition) is 1. The molecule has 31 heavy (non-hydrogen) atoms. The number of ether oxygens (including phenoxy) is 2. The highest BCUT2D eigenvalue weighted by Gasteiger charge is 2.53. The van der Waals surface area contributed by atoms with Crippen LogP contribution in [-0.4, -0.2) is 35.4 Å². The van der Waals surface area contributed by atoms with E-state index in [4.69, 9.17) is 9.47 Å². The smallest absolute Gasteiger partial charge is 0.317 e. The SMILES string of the molecule is COc1ccc(C(=O)[C@@H]2C(=O)O[C@@](C)(CCC=C(C)CC(=O)C=C(C)C)[C@H]2C)c(O)c1. The van der Waals surface area contributed by atoms with Gasteiger partial charge in [-0.15, -0.1) is 0 Å². The van der Waals surface area contributed by atoms with Crippen molar-refractivity contribution in [2.75, 3.05) is 7.11 Å². The third kappa shape index (κ3) is 5.84. The number of rotatable bonds is 9. The second kappa shape index (κ2) is 9.94. The van der Waals surface area contributed by atoms with Crippen LogP contribution in [0.3, 0.4) is 0 Å². The van der Waals surface area contributed by atoms with Crippen molar-refractivity contribution in [3.63, 3.8) is 0 Å². The Morgan fingerprint density at radius 3 is 2.52 bits per heavy atom. The first-order valence-corrected chi connectivity index (χ1v) is 10.5. The zero-order valence-corrected chi connectivity index (χ0v) is 19.2. The van der Waals surface area contributed by atoms with E-state index in [9.17, 15) is 19.5 Å². The summed E-state index contributed by atoms with van der Waals surface area (Å²) in [4.78, 5) is 37.5. The van der Waals surface area contributed by atoms with Gasteiger partial charge in [0.1, 0.15) is 23.0 Å². The minimum Gasteiger partial charge on any atom is -0.507 e. The number of esters is 1. The Balaban J connectivity index is 2.08. The zero-order valence-electron chi connectivity index (χ0n) is 19.2. The second-order valence-corrected chi connectivity index (χ2v) is 8.70. The molecule has 1 aromatic carbocycles. The van der Waals surface area contributed by atoms with E-state index in [1.807, 2.05) is 40.7 Å². The Kier molecular flexibility index (Phi) is 7.82. The summed E-state index contributed by atoms with van der Waals surface area (Å²) in [6, 6.07) is 4.38. The summed E-state index contributed by atoms with van der Waals surface area (Å²) in [5.41, 5.74) is 1.20. The van der Waals surface area contributed by atoms with Crippen LogP contribution in [0, 0.1) is 11.8 Å². The number of carbonyl (C=O) groups excluding carboxylic acids is 3. The van der Waals surface area contributed by atoms with E-state index in [1.54, 1.807) is 12.1 Å². The van der Waals surface area contributed by atoms with Gasteiger partial charge < -0.3 is 14.6 Å². The van der Waals surface area contributed by atoms with Gasteiger partial charge in [-0.25, -0.2) is 0 Å². The molecule has 6 nitrogen and oxygen atoms in total. The largest absolute Gasteiger partial charge is 0.507 e. The Morgan fingerprint density at radius 1 is 1.26 bits per heavy atom. The lowest BCUT2D eigenvalue weighted by Gasteiger charge is -2.28. The lowest BCUT2D eigenvalue weighted by molar-refractivity contribution is -0.149. The molecule has 1 aliphatic rings. The minimum absolute atomic E-state index is 0.0607. The van der Waals surface area contributed by atoms with Gasteiger partial charge in [0, 0.05) is 18.4 Å². The Bertz CT molecular complexity index is 922. The number of Topliss-reactive ketones (excluding diaryl/α,β-unsaturated/α-hetero) is 1. The molecule has 6 heteroatoms. The minimum atomic E-state index is -0.978. The number of aromatic hydroxyl groups is 1. The molecule has 1 aliphatic heterocycles. The van der Waals surface area contributed by atoms with Crippen molar-refractivity contribution in [3.05, 3.63) is 47.1 Å². The fourth-order valence-electron chi connectivity index (χ4n) is 3.90. The van der Waals surface area contributed by atoms with Gasteiger partial charge in [0.05, 0.1) is 12.7 Å². The van der Waals surface area contributed by atoms with E-state index in [2.05, 4.69) is 0 Å². The summed E-state index contributed by atoms with van der Waals surface area (Å²) in [5.74, 6) is -2.12. The predicted octanol–water partition coefficient (Wildman–Crippen LogP) is 4.80. The maximum atomic E-state index is 13.0. The molecule has 0 spiro atoms. The van der Waals surface area contributed by atoms with Crippen LogP contribution in [0.1, 0.15) is 64.2 Å². The quantitative estimate of drug-likeness (QED) is 0.200. The zero-order chi connectivity index (χ0) is 23.3. The van der Waals surface area contributed by atoms with Crippen LogP contribution in [0.4, 0.5) is 0 Å². The van der Waals surface area contributed by atoms with Crippen LogP contribution in [0.5, 0.6) is 11.5 Å². The summed E-state index contributed by atoms with van der Waals surface area (Å²) >= 11 is 0. The number of phenols is 1. The first-order valence-electron chi connectivity index (χ1n) is 10.5. The molecule has 1 aromatic rings. The standard InChI is InChI=1S/C25H32O6/c1-15(2)12-18(26)13-16(3)8-7-11-25(5)17(4)22(24(29)31-25)23(28)20-10-9-19(30-6)14-21(20)27/h8-10,12,14,17,22,27H,7,11,13H2,1-6H3/t17-,22+,25-/m0/s1. The van der Waals surface area contributed by atoms with Gasteiger partial charge in [0.25, 0.3) is 0 Å². The normalized spacial score (nSPS) is 23.3. The highest BCUT2D eigenvalue weighted by Crippen LogP contribution is 2.42. The molecular weight excluding hydrogens is 396 g/mol. The number of ketones is 2. The van der Waals surface area contributed by atoms with E-state index in [-0.39, 0.29) is 23.0 Å². The molecule has 3 atom stereocenters. The summed E-state index contributed by atoms with van der Waals surface area (Å²) in [5, 5.41) is 10.2. The average Bonchev–Trinajstić information content (AvgIpc) is 2.88. The van der Waals surface area contributed by atoms with Gasteiger partial charge in [-0.2, -0.15) is 0 Å². The average molecular weight is 429 g/mol. The van der Waals surface area contributed by atoms with Gasteiger partial charge >= 0.3 is 5.97 Å². The van der Waals surface area contributed by atoms with Gasteiger partial charge in [-0.05, 0) is 58.7 Å². The molecule has 2 rings (SSSR count). The van der Waals surface area contributed by atoms with E-state index in [0.717, 1.165) is 11.1 Å². The molecule has 0 unspecified atom stereocenters. The fourth-order valence-corrected chi connectivity index (χ4v) is 3.90. The van der Waals surface area contributed by atoms with Crippen LogP contribution in [-0.2, 0) is 14.3 Å². The van der Waals surface area contributed by atoms with E-state index < -0.39 is 23.3 Å². The van der Waals surface area contributed by atoms with Crippen LogP contribution in [0.15, 0.2) is 41.5 Å². The highest BCUT2D eigenvalue weighted by molar-refractivity contribution is 6.11. The molecule has 0 aromatic heterocycles. The monoisotopic (exact) mass is 428 g/mol. The van der Waals surface area contributed by atoms with Crippen molar-refractivity contribution < 1.29 is 29.0 Å². The van der Waals surface area contributed by atoms with Crippen molar-refractivity contribution in [1.29, 1.82) is 0 Å². The predicted molar refractivity (Wildman–Crippen MR) is 118 cm³/mol. The van der Waals surface area contributed by atoms with Crippen molar-refractivity contribution in [1.82, 2.24) is 0 Å². The van der Waals surface area contributed by atoms with Crippen LogP contribution >= 0.6 is 0 Å². The van der Waals surface area contributed by atoms with Gasteiger partial charge in [-0.1, -0.05) is 24.1 Å². The van der Waals surface area contributed by atoms with Crippen molar-refractivity contribution in [3.8, 4) is 11.5 Å². The lowest BCUT2D eigenvalue weighted by Crippen LogP contribution is -2.33. The summed E-state index contributed by atoms with van der Waals surface area (Å²) in [6.07, 6.45) is 5.12. The molecule has 0 aliphatic carbocycles. The maximum Gasteiger partial charge on any atom is 0.317 e. The lowest BCUT2D eigenvalue weighted by atomic mass is 9.77. The third-order valence-corrected chi connectivity index (χ3v) is 5.84. The van der Waals surface area contributed by atoms with E-state index in [1.165, 1.54) is 19.2 Å². The molecule has 0 saturated carbocycles. The molecular formula is C25H32O6. The summed E-state index contributed by atoms with van der Waals surface area (Å²) in [7, 11) is 1.46. The summed E-state index contributed by atoms with van der Waals surface area (Å²) in [6.45, 7) is 9.33. The molecule has 0 radical (unpaired) electrons. The highest BCUT2D eigenvalue weighted by atomic mass is 16.6. The van der Waals surface area contributed by atoms with Gasteiger partial charge in [0.2, 0.25) is 0 Å². The van der Waals surface area contributed by atoms with Crippen LogP contribution < -0.4 is 4.74 Å². The number of carbonyl (C=O) groups is 3. The number of methoxy groups -OCH3 is 1. The Hall–Kier alpha value is -2.89. The van der Waals surface area contributed by atoms with Crippen molar-refractivity contribution >= 4 is 17.5 Å². The maximum absolute atomic E-state index is 13.0. The molecule has 1 heterocycles. The first-order chi connectivity index (χ1) is 14.5. The van der Waals surface area contributed by atoms with Gasteiger partial charge in [0.15, 0.2) is 11.6 Å². The first kappa shape index (κ1) is 24.4. The molecule has 1 saturated heterocycles. The summed E-state index contributed by atoms with van der Waals surface area (Å²) < 4.78 is 10.7. The molecule has 0 amide bonds. The molecule has 0 bridgehead atoms. The van der Waals surface area contributed by atoms with Crippen LogP contribution in [0.25, 0.3) is 0 Å². The van der Waals surface area contributed by atoms with Crippen molar-refractivity contribution in [2.45, 2.75) is 59.5 Å². The number of benzene rings is 1. The molecule has 1 N–H and O–H groups in total. The Morgan fingerprint density at radius 2 is 1.94 bits per heavy atom. The van der Waals surface area contributed by atoms with E-state index in [0.29, 0.717) is 25.0 Å². The number of cyclic esters (lactones) is 1. The number of phenolic OH excluding ortho intramolecular Hbond substituents is 1. The number of allylic oxidation sites excluding steroid dienone is 4.